The number of nitrogens with one attached hydrogen (secondary N) is 1. The van der Waals surface area contributed by atoms with E-state index >= 15 is 0 Å². The van der Waals surface area contributed by atoms with Gasteiger partial charge < -0.3 is 14.8 Å². The van der Waals surface area contributed by atoms with Crippen molar-refractivity contribution in [1.82, 2.24) is 5.32 Å². The summed E-state index contributed by atoms with van der Waals surface area (Å²) in [5.74, 6) is -0.0282. The second-order valence-corrected chi connectivity index (χ2v) is 8.84. The van der Waals surface area contributed by atoms with Crippen molar-refractivity contribution in [1.29, 1.82) is 0 Å². The first kappa shape index (κ1) is 21.6. The number of hydrogen-bond acceptors (Lipinski definition) is 4. The molecule has 1 unspecified atom stereocenters. The molecule has 1 aliphatic heterocycles. The van der Waals surface area contributed by atoms with Crippen molar-refractivity contribution in [2.24, 2.45) is 5.92 Å². The highest BCUT2D eigenvalue weighted by Crippen LogP contribution is 2.23. The Morgan fingerprint density at radius 3 is 2.37 bits per heavy atom. The van der Waals surface area contributed by atoms with E-state index in [1.54, 1.807) is 6.92 Å². The maximum Gasteiger partial charge on any atom is 0.249 e. The number of rotatable bonds is 7. The lowest BCUT2D eigenvalue weighted by molar-refractivity contribution is -0.137. The Labute approximate surface area is 162 Å². The summed E-state index contributed by atoms with van der Waals surface area (Å²) >= 11 is 0. The summed E-state index contributed by atoms with van der Waals surface area (Å²) in [5.41, 5.74) is 2.39. The largest absolute Gasteiger partial charge is 0.368 e. The Hall–Kier alpha value is -1.72. The molecule has 5 heteroatoms. The number of benzene rings is 1. The van der Waals surface area contributed by atoms with Crippen LogP contribution in [0.25, 0.3) is 0 Å². The number of Topliss-reactive ketones (excluding diaryl/α,β-unsaturated/α-hetero) is 1. The van der Waals surface area contributed by atoms with Crippen LogP contribution in [-0.4, -0.2) is 36.5 Å². The normalized spacial score (nSPS) is 21.5. The highest BCUT2D eigenvalue weighted by Gasteiger charge is 2.35. The van der Waals surface area contributed by atoms with E-state index in [0.29, 0.717) is 18.9 Å². The molecular formula is C22H33NO4. The van der Waals surface area contributed by atoms with Crippen molar-refractivity contribution in [2.75, 3.05) is 6.61 Å². The summed E-state index contributed by atoms with van der Waals surface area (Å²) in [6, 6.07) is 7.71. The average molecular weight is 376 g/mol. The zero-order valence-corrected chi connectivity index (χ0v) is 17.4. The van der Waals surface area contributed by atoms with Crippen molar-refractivity contribution >= 4 is 11.7 Å². The molecule has 0 bridgehead atoms. The lowest BCUT2D eigenvalue weighted by Crippen LogP contribution is -2.48. The molecule has 1 saturated heterocycles. The van der Waals surface area contributed by atoms with Crippen LogP contribution in [0.4, 0.5) is 0 Å². The Morgan fingerprint density at radius 2 is 1.89 bits per heavy atom. The van der Waals surface area contributed by atoms with Gasteiger partial charge in [-0.05, 0) is 35.8 Å². The third-order valence-corrected chi connectivity index (χ3v) is 4.85. The Balaban J connectivity index is 1.99. The Morgan fingerprint density at radius 1 is 1.26 bits per heavy atom. The SMILES string of the molecule is CC(C)C[C@@H](OCc1ccc(C(C)(C)C)cc1)C(=O)N[C@@H]1C(=O)COC1C. The number of carbonyl (C=O) groups excluding carboxylic acids is 2. The third kappa shape index (κ3) is 6.15. The summed E-state index contributed by atoms with van der Waals surface area (Å²) in [6.07, 6.45) is -0.291. The van der Waals surface area contributed by atoms with Crippen molar-refractivity contribution < 1.29 is 19.1 Å². The van der Waals surface area contributed by atoms with Gasteiger partial charge in [0.25, 0.3) is 0 Å². The van der Waals surface area contributed by atoms with Gasteiger partial charge in [0.15, 0.2) is 5.78 Å². The predicted molar refractivity (Wildman–Crippen MR) is 106 cm³/mol. The first-order valence-electron chi connectivity index (χ1n) is 9.73. The molecule has 27 heavy (non-hydrogen) atoms. The van der Waals surface area contributed by atoms with Crippen molar-refractivity contribution in [3.8, 4) is 0 Å². The van der Waals surface area contributed by atoms with Crippen LogP contribution in [-0.2, 0) is 31.1 Å². The number of ether oxygens (including phenoxy) is 2. The van der Waals surface area contributed by atoms with E-state index in [0.717, 1.165) is 5.56 Å². The van der Waals surface area contributed by atoms with Gasteiger partial charge in [-0.15, -0.1) is 0 Å². The van der Waals surface area contributed by atoms with E-state index in [2.05, 4.69) is 38.2 Å². The molecule has 2 rings (SSSR count). The van der Waals surface area contributed by atoms with Gasteiger partial charge in [0.1, 0.15) is 18.8 Å². The van der Waals surface area contributed by atoms with Crippen LogP contribution >= 0.6 is 0 Å². The second-order valence-electron chi connectivity index (χ2n) is 8.84. The summed E-state index contributed by atoms with van der Waals surface area (Å²) < 4.78 is 11.2. The van der Waals surface area contributed by atoms with Crippen molar-refractivity contribution in [2.45, 2.75) is 78.2 Å². The van der Waals surface area contributed by atoms with Gasteiger partial charge in [0, 0.05) is 0 Å². The molecule has 150 valence electrons. The van der Waals surface area contributed by atoms with E-state index in [-0.39, 0.29) is 29.8 Å². The van der Waals surface area contributed by atoms with Crippen molar-refractivity contribution in [3.05, 3.63) is 35.4 Å². The summed E-state index contributed by atoms with van der Waals surface area (Å²) in [5, 5.41) is 2.81. The minimum atomic E-state index is -0.590. The quantitative estimate of drug-likeness (QED) is 0.793. The maximum atomic E-state index is 12.7. The van der Waals surface area contributed by atoms with E-state index in [4.69, 9.17) is 9.47 Å². The van der Waals surface area contributed by atoms with Gasteiger partial charge in [-0.3, -0.25) is 9.59 Å². The molecule has 1 aromatic rings. The highest BCUT2D eigenvalue weighted by atomic mass is 16.5. The fourth-order valence-corrected chi connectivity index (χ4v) is 3.08. The van der Waals surface area contributed by atoms with Crippen LogP contribution in [0, 0.1) is 5.92 Å². The lowest BCUT2D eigenvalue weighted by Gasteiger charge is -2.23. The average Bonchev–Trinajstić information content (AvgIpc) is 2.89. The molecule has 1 N–H and O–H groups in total. The molecule has 1 fully saturated rings. The zero-order valence-electron chi connectivity index (χ0n) is 17.4. The number of hydrogen-bond donors (Lipinski definition) is 1. The number of amides is 1. The van der Waals surface area contributed by atoms with Gasteiger partial charge in [-0.25, -0.2) is 0 Å². The minimum Gasteiger partial charge on any atom is -0.368 e. The monoisotopic (exact) mass is 375 g/mol. The molecule has 0 aliphatic carbocycles. The molecule has 0 saturated carbocycles. The van der Waals surface area contributed by atoms with Crippen LogP contribution < -0.4 is 5.32 Å². The molecule has 0 spiro atoms. The van der Waals surface area contributed by atoms with Gasteiger partial charge in [-0.1, -0.05) is 58.9 Å². The molecule has 1 aliphatic rings. The van der Waals surface area contributed by atoms with Crippen LogP contribution in [0.2, 0.25) is 0 Å². The highest BCUT2D eigenvalue weighted by molar-refractivity contribution is 5.92. The van der Waals surface area contributed by atoms with Crippen LogP contribution in [0.15, 0.2) is 24.3 Å². The molecule has 0 aromatic heterocycles. The van der Waals surface area contributed by atoms with E-state index < -0.39 is 12.1 Å². The van der Waals surface area contributed by atoms with Crippen LogP contribution in [0.3, 0.4) is 0 Å². The molecule has 5 nitrogen and oxygen atoms in total. The third-order valence-electron chi connectivity index (χ3n) is 4.85. The summed E-state index contributed by atoms with van der Waals surface area (Å²) in [6.45, 7) is 12.8. The first-order chi connectivity index (χ1) is 12.6. The summed E-state index contributed by atoms with van der Waals surface area (Å²) in [7, 11) is 0. The maximum absolute atomic E-state index is 12.7. The van der Waals surface area contributed by atoms with Gasteiger partial charge >= 0.3 is 0 Å². The Kier molecular flexibility index (Phi) is 7.18. The fourth-order valence-electron chi connectivity index (χ4n) is 3.08. The zero-order chi connectivity index (χ0) is 20.2. The molecule has 3 atom stereocenters. The molecule has 1 heterocycles. The first-order valence-corrected chi connectivity index (χ1v) is 9.73. The van der Waals surface area contributed by atoms with E-state index in [1.807, 2.05) is 26.0 Å². The van der Waals surface area contributed by atoms with Gasteiger partial charge in [0.2, 0.25) is 5.91 Å². The minimum absolute atomic E-state index is 0.0575. The van der Waals surface area contributed by atoms with Crippen LogP contribution in [0.5, 0.6) is 0 Å². The Bertz CT molecular complexity index is 645. The number of carbonyl (C=O) groups is 2. The molecule has 1 amide bonds. The smallest absolute Gasteiger partial charge is 0.249 e. The fraction of sp³-hybridized carbons (Fsp3) is 0.636. The van der Waals surface area contributed by atoms with Gasteiger partial charge in [0.05, 0.1) is 12.7 Å². The standard InChI is InChI=1S/C22H33NO4/c1-14(2)11-19(21(25)23-20-15(3)26-13-18(20)24)27-12-16-7-9-17(10-8-16)22(4,5)6/h7-10,14-15,19-20H,11-13H2,1-6H3,(H,23,25)/t15?,19-,20+/m1/s1. The molecule has 0 radical (unpaired) electrons. The van der Waals surface area contributed by atoms with E-state index in [9.17, 15) is 9.59 Å². The van der Waals surface area contributed by atoms with Crippen LogP contribution in [0.1, 0.15) is 59.1 Å². The second kappa shape index (κ2) is 8.98. The number of ketones is 1. The molecule has 1 aromatic carbocycles. The lowest BCUT2D eigenvalue weighted by atomic mass is 9.87. The van der Waals surface area contributed by atoms with Crippen molar-refractivity contribution in [3.63, 3.8) is 0 Å². The van der Waals surface area contributed by atoms with Gasteiger partial charge in [-0.2, -0.15) is 0 Å². The predicted octanol–water partition coefficient (Wildman–Crippen LogP) is 3.39. The van der Waals surface area contributed by atoms with E-state index in [1.165, 1.54) is 5.56 Å². The summed E-state index contributed by atoms with van der Waals surface area (Å²) in [4.78, 5) is 24.6. The molecular weight excluding hydrogens is 342 g/mol. The topological polar surface area (TPSA) is 64.6 Å².